The lowest BCUT2D eigenvalue weighted by Crippen LogP contribution is -2.20. The lowest BCUT2D eigenvalue weighted by molar-refractivity contribution is 0.111. The standard InChI is InChI=1S/C10H10BrFO/c11-9-4-2-1-3-8(9)10(12)5-6-13-7-10/h1-4H,5-7H2. The zero-order valence-corrected chi connectivity index (χ0v) is 8.68. The van der Waals surface area contributed by atoms with Crippen molar-refractivity contribution in [2.75, 3.05) is 13.2 Å². The molecule has 0 saturated carbocycles. The molecule has 1 aliphatic rings. The van der Waals surface area contributed by atoms with E-state index in [1.807, 2.05) is 18.2 Å². The average Bonchev–Trinajstić information content (AvgIpc) is 2.54. The molecular formula is C10H10BrFO. The van der Waals surface area contributed by atoms with Crippen molar-refractivity contribution in [2.45, 2.75) is 12.1 Å². The summed E-state index contributed by atoms with van der Waals surface area (Å²) < 4.78 is 20.0. The number of ether oxygens (including phenoxy) is 1. The Labute approximate surface area is 85.0 Å². The molecule has 0 amide bonds. The molecule has 0 aliphatic carbocycles. The van der Waals surface area contributed by atoms with Crippen LogP contribution < -0.4 is 0 Å². The summed E-state index contributed by atoms with van der Waals surface area (Å²) in [6, 6.07) is 7.39. The third-order valence-corrected chi connectivity index (χ3v) is 3.02. The first-order valence-corrected chi connectivity index (χ1v) is 5.03. The van der Waals surface area contributed by atoms with E-state index in [-0.39, 0.29) is 6.61 Å². The van der Waals surface area contributed by atoms with Crippen LogP contribution in [0.4, 0.5) is 4.39 Å². The zero-order chi connectivity index (χ0) is 9.31. The highest BCUT2D eigenvalue weighted by Crippen LogP contribution is 2.38. The number of hydrogen-bond donors (Lipinski definition) is 0. The second-order valence-electron chi connectivity index (χ2n) is 3.25. The second-order valence-corrected chi connectivity index (χ2v) is 4.10. The van der Waals surface area contributed by atoms with Crippen molar-refractivity contribution in [1.82, 2.24) is 0 Å². The largest absolute Gasteiger partial charge is 0.378 e. The molecule has 1 nitrogen and oxygen atoms in total. The highest BCUT2D eigenvalue weighted by atomic mass is 79.9. The summed E-state index contributed by atoms with van der Waals surface area (Å²) in [5, 5.41) is 0. The number of hydrogen-bond acceptors (Lipinski definition) is 1. The van der Waals surface area contributed by atoms with Crippen molar-refractivity contribution in [3.8, 4) is 0 Å². The summed E-state index contributed by atoms with van der Waals surface area (Å²) in [4.78, 5) is 0. The van der Waals surface area contributed by atoms with E-state index in [4.69, 9.17) is 4.74 Å². The molecule has 1 fully saturated rings. The predicted molar refractivity (Wildman–Crippen MR) is 52.4 cm³/mol. The van der Waals surface area contributed by atoms with Gasteiger partial charge in [-0.2, -0.15) is 0 Å². The minimum Gasteiger partial charge on any atom is -0.378 e. The number of halogens is 2. The van der Waals surface area contributed by atoms with E-state index in [0.29, 0.717) is 18.6 Å². The molecule has 1 saturated heterocycles. The van der Waals surface area contributed by atoms with E-state index < -0.39 is 5.67 Å². The monoisotopic (exact) mass is 244 g/mol. The Morgan fingerprint density at radius 1 is 1.38 bits per heavy atom. The maximum Gasteiger partial charge on any atom is 0.162 e. The Morgan fingerprint density at radius 3 is 2.77 bits per heavy atom. The average molecular weight is 245 g/mol. The molecular weight excluding hydrogens is 235 g/mol. The van der Waals surface area contributed by atoms with Gasteiger partial charge in [-0.25, -0.2) is 4.39 Å². The lowest BCUT2D eigenvalue weighted by Gasteiger charge is -2.18. The molecule has 2 rings (SSSR count). The first-order valence-electron chi connectivity index (χ1n) is 4.24. The van der Waals surface area contributed by atoms with Crippen molar-refractivity contribution < 1.29 is 9.13 Å². The van der Waals surface area contributed by atoms with Crippen LogP contribution >= 0.6 is 15.9 Å². The molecule has 1 heterocycles. The molecule has 70 valence electrons. The van der Waals surface area contributed by atoms with Crippen LogP contribution in [0.5, 0.6) is 0 Å². The molecule has 13 heavy (non-hydrogen) atoms. The fourth-order valence-corrected chi connectivity index (χ4v) is 2.22. The number of benzene rings is 1. The molecule has 0 N–H and O–H groups in total. The van der Waals surface area contributed by atoms with Crippen molar-refractivity contribution in [3.63, 3.8) is 0 Å². The van der Waals surface area contributed by atoms with Gasteiger partial charge in [0.15, 0.2) is 5.67 Å². The molecule has 1 aromatic rings. The summed E-state index contributed by atoms with van der Waals surface area (Å²) in [6.07, 6.45) is 0.454. The Morgan fingerprint density at radius 2 is 2.15 bits per heavy atom. The fraction of sp³-hybridized carbons (Fsp3) is 0.400. The van der Waals surface area contributed by atoms with E-state index in [9.17, 15) is 4.39 Å². The highest BCUT2D eigenvalue weighted by molar-refractivity contribution is 9.10. The van der Waals surface area contributed by atoms with E-state index in [1.165, 1.54) is 0 Å². The van der Waals surface area contributed by atoms with Gasteiger partial charge in [-0.1, -0.05) is 34.1 Å². The topological polar surface area (TPSA) is 9.23 Å². The maximum atomic E-state index is 14.2. The quantitative estimate of drug-likeness (QED) is 0.738. The molecule has 0 aromatic heterocycles. The Bertz CT molecular complexity index is 308. The van der Waals surface area contributed by atoms with Crippen LogP contribution in [0.2, 0.25) is 0 Å². The number of alkyl halides is 1. The van der Waals surface area contributed by atoms with Gasteiger partial charge in [-0.05, 0) is 6.07 Å². The normalized spacial score (nSPS) is 27.8. The zero-order valence-electron chi connectivity index (χ0n) is 7.09. The summed E-state index contributed by atoms with van der Waals surface area (Å²) in [5.41, 5.74) is -0.590. The van der Waals surface area contributed by atoms with Crippen molar-refractivity contribution in [2.24, 2.45) is 0 Å². The van der Waals surface area contributed by atoms with Gasteiger partial charge in [0.05, 0.1) is 13.2 Å². The van der Waals surface area contributed by atoms with Crippen LogP contribution in [-0.2, 0) is 10.4 Å². The third kappa shape index (κ3) is 1.63. The molecule has 0 radical (unpaired) electrons. The Balaban J connectivity index is 2.39. The van der Waals surface area contributed by atoms with E-state index in [2.05, 4.69) is 15.9 Å². The van der Waals surface area contributed by atoms with Crippen LogP contribution in [0.15, 0.2) is 28.7 Å². The van der Waals surface area contributed by atoms with Gasteiger partial charge in [0.2, 0.25) is 0 Å². The van der Waals surface area contributed by atoms with Gasteiger partial charge < -0.3 is 4.74 Å². The Hall–Kier alpha value is -0.410. The van der Waals surface area contributed by atoms with Gasteiger partial charge in [0.25, 0.3) is 0 Å². The summed E-state index contributed by atoms with van der Waals surface area (Å²) in [7, 11) is 0. The minimum atomic E-state index is -1.29. The number of rotatable bonds is 1. The van der Waals surface area contributed by atoms with E-state index in [0.717, 1.165) is 4.47 Å². The fourth-order valence-electron chi connectivity index (χ4n) is 1.58. The molecule has 0 spiro atoms. The van der Waals surface area contributed by atoms with Gasteiger partial charge >= 0.3 is 0 Å². The van der Waals surface area contributed by atoms with Gasteiger partial charge in [0, 0.05) is 16.5 Å². The van der Waals surface area contributed by atoms with Crippen molar-refractivity contribution >= 4 is 15.9 Å². The summed E-state index contributed by atoms with van der Waals surface area (Å²) in [6.45, 7) is 0.688. The SMILES string of the molecule is FC1(c2ccccc2Br)CCOC1. The molecule has 1 aromatic carbocycles. The van der Waals surface area contributed by atoms with Crippen LogP contribution in [0.25, 0.3) is 0 Å². The van der Waals surface area contributed by atoms with Gasteiger partial charge in [-0.3, -0.25) is 0 Å². The highest BCUT2D eigenvalue weighted by Gasteiger charge is 2.37. The summed E-state index contributed by atoms with van der Waals surface area (Å²) in [5.74, 6) is 0. The molecule has 3 heteroatoms. The Kier molecular flexibility index (Phi) is 2.39. The summed E-state index contributed by atoms with van der Waals surface area (Å²) >= 11 is 3.35. The minimum absolute atomic E-state index is 0.176. The molecule has 1 aliphatic heterocycles. The lowest BCUT2D eigenvalue weighted by atomic mass is 9.95. The molecule has 1 atom stereocenters. The van der Waals surface area contributed by atoms with Crippen LogP contribution in [0.3, 0.4) is 0 Å². The van der Waals surface area contributed by atoms with Crippen molar-refractivity contribution in [1.29, 1.82) is 0 Å². The predicted octanol–water partition coefficient (Wildman–Crippen LogP) is 3.03. The van der Waals surface area contributed by atoms with Crippen molar-refractivity contribution in [3.05, 3.63) is 34.3 Å². The molecule has 0 bridgehead atoms. The molecule has 1 unspecified atom stereocenters. The van der Waals surface area contributed by atoms with Gasteiger partial charge in [0.1, 0.15) is 0 Å². The van der Waals surface area contributed by atoms with E-state index in [1.54, 1.807) is 6.07 Å². The smallest absolute Gasteiger partial charge is 0.162 e. The first kappa shape index (κ1) is 9.16. The third-order valence-electron chi connectivity index (χ3n) is 2.33. The van der Waals surface area contributed by atoms with Crippen LogP contribution in [-0.4, -0.2) is 13.2 Å². The van der Waals surface area contributed by atoms with Crippen LogP contribution in [0, 0.1) is 0 Å². The van der Waals surface area contributed by atoms with Crippen LogP contribution in [0.1, 0.15) is 12.0 Å². The first-order chi connectivity index (χ1) is 6.22. The maximum absolute atomic E-state index is 14.2. The second kappa shape index (κ2) is 3.39. The van der Waals surface area contributed by atoms with Gasteiger partial charge in [-0.15, -0.1) is 0 Å². The van der Waals surface area contributed by atoms with E-state index >= 15 is 0 Å².